The van der Waals surface area contributed by atoms with Crippen LogP contribution in [0, 0.1) is 5.92 Å². The van der Waals surface area contributed by atoms with E-state index in [4.69, 9.17) is 5.73 Å². The third-order valence-corrected chi connectivity index (χ3v) is 3.53. The van der Waals surface area contributed by atoms with E-state index < -0.39 is 5.91 Å². The molecule has 2 N–H and O–H groups in total. The summed E-state index contributed by atoms with van der Waals surface area (Å²) in [6.45, 7) is 8.18. The van der Waals surface area contributed by atoms with Crippen LogP contribution in [0.4, 0.5) is 5.82 Å². The van der Waals surface area contributed by atoms with Crippen molar-refractivity contribution in [1.29, 1.82) is 0 Å². The summed E-state index contributed by atoms with van der Waals surface area (Å²) >= 11 is 0. The van der Waals surface area contributed by atoms with E-state index in [-0.39, 0.29) is 17.6 Å². The predicted octanol–water partition coefficient (Wildman–Crippen LogP) is 0.269. The topological polar surface area (TPSA) is 92.4 Å². The molecular weight excluding hydrogens is 270 g/mol. The Labute approximate surface area is 124 Å². The van der Waals surface area contributed by atoms with Crippen LogP contribution in [0.5, 0.6) is 0 Å². The number of hydrogen-bond acceptors (Lipinski definition) is 5. The van der Waals surface area contributed by atoms with Crippen molar-refractivity contribution < 1.29 is 9.59 Å². The average molecular weight is 291 g/mol. The zero-order valence-corrected chi connectivity index (χ0v) is 12.6. The van der Waals surface area contributed by atoms with Crippen LogP contribution in [0.3, 0.4) is 0 Å². The van der Waals surface area contributed by atoms with Gasteiger partial charge in [0.2, 0.25) is 5.91 Å². The molecule has 1 atom stereocenters. The molecule has 0 radical (unpaired) electrons. The Morgan fingerprint density at radius 2 is 2.10 bits per heavy atom. The second kappa shape index (κ2) is 6.07. The molecule has 0 aromatic carbocycles. The van der Waals surface area contributed by atoms with Crippen molar-refractivity contribution in [2.75, 3.05) is 24.5 Å². The van der Waals surface area contributed by atoms with Crippen molar-refractivity contribution in [3.05, 3.63) is 17.8 Å². The van der Waals surface area contributed by atoms with Gasteiger partial charge in [-0.15, -0.1) is 10.2 Å². The maximum absolute atomic E-state index is 12.4. The van der Waals surface area contributed by atoms with Gasteiger partial charge in [-0.25, -0.2) is 0 Å². The van der Waals surface area contributed by atoms with Crippen LogP contribution < -0.4 is 10.6 Å². The SMILES string of the molecule is CC(C)CN1CCN(c2ccc(C(N)=O)nn2)C(C)C1=O. The zero-order chi connectivity index (χ0) is 15.6. The van der Waals surface area contributed by atoms with Crippen molar-refractivity contribution >= 4 is 17.6 Å². The number of anilines is 1. The molecule has 0 saturated carbocycles. The summed E-state index contributed by atoms with van der Waals surface area (Å²) in [5.41, 5.74) is 5.26. The molecule has 0 aliphatic carbocycles. The largest absolute Gasteiger partial charge is 0.364 e. The molecule has 2 rings (SSSR count). The van der Waals surface area contributed by atoms with Gasteiger partial charge in [0.15, 0.2) is 11.5 Å². The van der Waals surface area contributed by atoms with Gasteiger partial charge in [0, 0.05) is 19.6 Å². The molecule has 114 valence electrons. The van der Waals surface area contributed by atoms with Crippen molar-refractivity contribution in [3.8, 4) is 0 Å². The number of nitrogens with zero attached hydrogens (tertiary/aromatic N) is 4. The maximum atomic E-state index is 12.4. The fraction of sp³-hybridized carbons (Fsp3) is 0.571. The van der Waals surface area contributed by atoms with E-state index in [0.29, 0.717) is 24.8 Å². The molecule has 1 aliphatic rings. The molecule has 7 nitrogen and oxygen atoms in total. The van der Waals surface area contributed by atoms with E-state index in [1.165, 1.54) is 6.07 Å². The van der Waals surface area contributed by atoms with Crippen molar-refractivity contribution in [2.45, 2.75) is 26.8 Å². The molecular formula is C14H21N5O2. The van der Waals surface area contributed by atoms with E-state index in [0.717, 1.165) is 6.54 Å². The summed E-state index contributed by atoms with van der Waals surface area (Å²) in [6.07, 6.45) is 0. The highest BCUT2D eigenvalue weighted by Gasteiger charge is 2.32. The first-order valence-corrected chi connectivity index (χ1v) is 7.09. The standard InChI is InChI=1S/C14H21N5O2/c1-9(2)8-18-6-7-19(10(3)14(18)21)12-5-4-11(13(15)20)16-17-12/h4-5,9-10H,6-8H2,1-3H3,(H2,15,20). The lowest BCUT2D eigenvalue weighted by Crippen LogP contribution is -2.56. The number of hydrogen-bond donors (Lipinski definition) is 1. The molecule has 0 spiro atoms. The number of primary amides is 1. The molecule has 1 saturated heterocycles. The van der Waals surface area contributed by atoms with E-state index >= 15 is 0 Å². The minimum Gasteiger partial charge on any atom is -0.364 e. The third kappa shape index (κ3) is 3.29. The van der Waals surface area contributed by atoms with Gasteiger partial charge < -0.3 is 15.5 Å². The van der Waals surface area contributed by atoms with Crippen LogP contribution >= 0.6 is 0 Å². The summed E-state index contributed by atoms with van der Waals surface area (Å²) in [5, 5.41) is 7.79. The Morgan fingerprint density at radius 3 is 2.62 bits per heavy atom. The summed E-state index contributed by atoms with van der Waals surface area (Å²) in [6, 6.07) is 2.92. The number of rotatable bonds is 4. The lowest BCUT2D eigenvalue weighted by Gasteiger charge is -2.40. The van der Waals surface area contributed by atoms with E-state index in [1.54, 1.807) is 6.07 Å². The zero-order valence-electron chi connectivity index (χ0n) is 12.6. The highest BCUT2D eigenvalue weighted by Crippen LogP contribution is 2.19. The fourth-order valence-electron chi connectivity index (χ4n) is 2.47. The average Bonchev–Trinajstić information content (AvgIpc) is 2.44. The molecule has 1 aromatic rings. The van der Waals surface area contributed by atoms with Gasteiger partial charge >= 0.3 is 0 Å². The van der Waals surface area contributed by atoms with Gasteiger partial charge in [-0.1, -0.05) is 13.8 Å². The third-order valence-electron chi connectivity index (χ3n) is 3.53. The predicted molar refractivity (Wildman–Crippen MR) is 78.8 cm³/mol. The lowest BCUT2D eigenvalue weighted by atomic mass is 10.1. The van der Waals surface area contributed by atoms with Crippen LogP contribution in [0.15, 0.2) is 12.1 Å². The number of amides is 2. The molecule has 1 aromatic heterocycles. The number of aromatic nitrogens is 2. The molecule has 0 bridgehead atoms. The second-order valence-corrected chi connectivity index (χ2v) is 5.69. The normalized spacial score (nSPS) is 19.2. The highest BCUT2D eigenvalue weighted by molar-refractivity contribution is 5.90. The Bertz CT molecular complexity index is 529. The smallest absolute Gasteiger partial charge is 0.269 e. The van der Waals surface area contributed by atoms with Crippen molar-refractivity contribution in [3.63, 3.8) is 0 Å². The quantitative estimate of drug-likeness (QED) is 0.859. The van der Waals surface area contributed by atoms with Gasteiger partial charge in [0.05, 0.1) is 0 Å². The number of nitrogens with two attached hydrogens (primary N) is 1. The van der Waals surface area contributed by atoms with E-state index in [1.807, 2.05) is 16.7 Å². The Kier molecular flexibility index (Phi) is 4.40. The second-order valence-electron chi connectivity index (χ2n) is 5.69. The first-order valence-electron chi connectivity index (χ1n) is 7.09. The molecule has 21 heavy (non-hydrogen) atoms. The molecule has 1 fully saturated rings. The summed E-state index contributed by atoms with van der Waals surface area (Å²) in [4.78, 5) is 27.2. The summed E-state index contributed by atoms with van der Waals surface area (Å²) < 4.78 is 0. The Hall–Kier alpha value is -2.18. The van der Waals surface area contributed by atoms with Crippen molar-refractivity contribution in [1.82, 2.24) is 15.1 Å². The lowest BCUT2D eigenvalue weighted by molar-refractivity contribution is -0.134. The summed E-state index contributed by atoms with van der Waals surface area (Å²) in [7, 11) is 0. The van der Waals surface area contributed by atoms with Crippen LogP contribution in [-0.4, -0.2) is 52.6 Å². The van der Waals surface area contributed by atoms with Crippen LogP contribution in [0.1, 0.15) is 31.3 Å². The Morgan fingerprint density at radius 1 is 1.38 bits per heavy atom. The van der Waals surface area contributed by atoms with Gasteiger partial charge in [0.1, 0.15) is 6.04 Å². The van der Waals surface area contributed by atoms with Gasteiger partial charge in [-0.05, 0) is 25.0 Å². The van der Waals surface area contributed by atoms with Gasteiger partial charge in [-0.3, -0.25) is 9.59 Å². The highest BCUT2D eigenvalue weighted by atomic mass is 16.2. The van der Waals surface area contributed by atoms with E-state index in [2.05, 4.69) is 24.0 Å². The van der Waals surface area contributed by atoms with Crippen LogP contribution in [-0.2, 0) is 4.79 Å². The number of piperazine rings is 1. The van der Waals surface area contributed by atoms with Crippen molar-refractivity contribution in [2.24, 2.45) is 11.7 Å². The minimum absolute atomic E-state index is 0.0933. The first kappa shape index (κ1) is 15.2. The number of carbonyl (C=O) groups is 2. The molecule has 1 aliphatic heterocycles. The monoisotopic (exact) mass is 291 g/mol. The molecule has 2 heterocycles. The fourth-order valence-corrected chi connectivity index (χ4v) is 2.47. The number of carbonyl (C=O) groups excluding carboxylic acids is 2. The molecule has 2 amide bonds. The minimum atomic E-state index is -0.611. The van der Waals surface area contributed by atoms with Gasteiger partial charge in [-0.2, -0.15) is 0 Å². The van der Waals surface area contributed by atoms with E-state index in [9.17, 15) is 9.59 Å². The van der Waals surface area contributed by atoms with Crippen LogP contribution in [0.25, 0.3) is 0 Å². The summed E-state index contributed by atoms with van der Waals surface area (Å²) in [5.74, 6) is 0.517. The Balaban J connectivity index is 2.12. The molecule has 1 unspecified atom stereocenters. The van der Waals surface area contributed by atoms with Crippen LogP contribution in [0.2, 0.25) is 0 Å². The maximum Gasteiger partial charge on any atom is 0.269 e. The van der Waals surface area contributed by atoms with Gasteiger partial charge in [0.25, 0.3) is 5.91 Å². The molecule has 7 heteroatoms. The first-order chi connectivity index (χ1) is 9.90.